The molecule has 7 nitrogen and oxygen atoms in total. The van der Waals surface area contributed by atoms with Crippen molar-refractivity contribution in [3.05, 3.63) is 33.1 Å². The summed E-state index contributed by atoms with van der Waals surface area (Å²) in [5.74, 6) is -0.325. The van der Waals surface area contributed by atoms with Gasteiger partial charge < -0.3 is 10.1 Å². The quantitative estimate of drug-likeness (QED) is 0.686. The van der Waals surface area contributed by atoms with E-state index in [1.54, 1.807) is 0 Å². The zero-order valence-electron chi connectivity index (χ0n) is 10.8. The van der Waals surface area contributed by atoms with Crippen LogP contribution in [-0.4, -0.2) is 27.0 Å². The molecule has 0 aliphatic carbocycles. The maximum Gasteiger partial charge on any atom is 0.573 e. The molecule has 0 aliphatic heterocycles. The zero-order chi connectivity index (χ0) is 17.0. The van der Waals surface area contributed by atoms with E-state index in [1.165, 1.54) is 6.20 Å². The third-order valence-electron chi connectivity index (χ3n) is 2.32. The second kappa shape index (κ2) is 6.97. The molecule has 2 aromatic rings. The first-order chi connectivity index (χ1) is 10.8. The number of hydrogen-bond donors (Lipinski definition) is 2. The Morgan fingerprint density at radius 3 is 2.48 bits per heavy atom. The molecule has 0 saturated heterocycles. The third-order valence-corrected chi connectivity index (χ3v) is 3.57. The smallest absolute Gasteiger partial charge is 0.406 e. The Kier molecular flexibility index (Phi) is 5.22. The molecule has 0 atom stereocenters. The van der Waals surface area contributed by atoms with Gasteiger partial charge in [-0.3, -0.25) is 0 Å². The molecule has 120 valence electrons. The minimum atomic E-state index is -4.79. The Morgan fingerprint density at radius 1 is 1.35 bits per heavy atom. The Labute approximate surface area is 143 Å². The van der Waals surface area contributed by atoms with Crippen LogP contribution in [0.5, 0.6) is 5.75 Å². The van der Waals surface area contributed by atoms with Crippen molar-refractivity contribution in [2.24, 2.45) is 0 Å². The highest BCUT2D eigenvalue weighted by Crippen LogP contribution is 2.37. The van der Waals surface area contributed by atoms with Gasteiger partial charge in [-0.25, -0.2) is 0 Å². The van der Waals surface area contributed by atoms with Gasteiger partial charge >= 0.3 is 6.36 Å². The van der Waals surface area contributed by atoms with Crippen LogP contribution in [0.25, 0.3) is 5.57 Å². The molecule has 1 aromatic heterocycles. The zero-order valence-corrected chi connectivity index (χ0v) is 14.0. The number of nitrogens with one attached hydrogen (secondary N) is 2. The number of allylic oxidation sites excluding steroid dienone is 1. The molecule has 23 heavy (non-hydrogen) atoms. The predicted molar refractivity (Wildman–Crippen MR) is 79.9 cm³/mol. The molecule has 12 heteroatoms. The van der Waals surface area contributed by atoms with E-state index in [-0.39, 0.29) is 20.3 Å². The summed E-state index contributed by atoms with van der Waals surface area (Å²) in [7, 11) is 0. The second-order valence-corrected chi connectivity index (χ2v) is 5.57. The highest BCUT2D eigenvalue weighted by atomic mass is 79.9. The molecule has 0 saturated carbocycles. The number of nitrogens with zero attached hydrogens (tertiary/aromatic N) is 4. The largest absolute Gasteiger partial charge is 0.573 e. The lowest BCUT2D eigenvalue weighted by Gasteiger charge is -2.13. The minimum absolute atomic E-state index is 0.0734. The molecular weight excluding hydrogens is 449 g/mol. The average Bonchev–Trinajstić information content (AvgIpc) is 2.94. The van der Waals surface area contributed by atoms with Crippen molar-refractivity contribution >= 4 is 43.1 Å². The van der Waals surface area contributed by atoms with Gasteiger partial charge in [0.2, 0.25) is 5.82 Å². The summed E-state index contributed by atoms with van der Waals surface area (Å²) in [5, 5.41) is 24.6. The summed E-state index contributed by atoms with van der Waals surface area (Å²) < 4.78 is 41.1. The summed E-state index contributed by atoms with van der Waals surface area (Å²) in [6.07, 6.45) is -3.50. The van der Waals surface area contributed by atoms with E-state index in [4.69, 9.17) is 5.26 Å². The van der Waals surface area contributed by atoms with Gasteiger partial charge in [-0.15, -0.1) is 23.4 Å². The summed E-state index contributed by atoms with van der Waals surface area (Å²) in [6, 6.07) is 4.13. The van der Waals surface area contributed by atoms with Crippen molar-refractivity contribution in [3.63, 3.8) is 0 Å². The Bertz CT molecular complexity index is 746. The van der Waals surface area contributed by atoms with Gasteiger partial charge in [0.15, 0.2) is 0 Å². The summed E-state index contributed by atoms with van der Waals surface area (Å²) in [4.78, 5) is 0. The molecule has 0 aliphatic rings. The lowest BCUT2D eigenvalue weighted by molar-refractivity contribution is -0.274. The topological polar surface area (TPSA) is 99.5 Å². The van der Waals surface area contributed by atoms with Crippen molar-refractivity contribution in [3.8, 4) is 11.8 Å². The first-order valence-electron chi connectivity index (χ1n) is 5.65. The van der Waals surface area contributed by atoms with Crippen molar-refractivity contribution in [1.82, 2.24) is 20.6 Å². The summed E-state index contributed by atoms with van der Waals surface area (Å²) >= 11 is 6.25. The van der Waals surface area contributed by atoms with E-state index in [9.17, 15) is 13.2 Å². The molecule has 0 spiro atoms. The predicted octanol–water partition coefficient (Wildman–Crippen LogP) is 3.60. The Hall–Kier alpha value is -2.13. The van der Waals surface area contributed by atoms with E-state index >= 15 is 0 Å². The number of benzene rings is 1. The molecule has 2 N–H and O–H groups in total. The van der Waals surface area contributed by atoms with Gasteiger partial charge in [0.25, 0.3) is 0 Å². The number of halogens is 5. The number of alkyl halides is 3. The van der Waals surface area contributed by atoms with Gasteiger partial charge in [0, 0.05) is 15.1 Å². The van der Waals surface area contributed by atoms with Gasteiger partial charge in [-0.1, -0.05) is 0 Å². The highest BCUT2D eigenvalue weighted by molar-refractivity contribution is 9.11. The van der Waals surface area contributed by atoms with E-state index in [2.05, 4.69) is 62.5 Å². The molecular formula is C11H5Br2F3N6O. The van der Waals surface area contributed by atoms with E-state index < -0.39 is 12.1 Å². The van der Waals surface area contributed by atoms with Gasteiger partial charge in [-0.05, 0) is 49.2 Å². The maximum atomic E-state index is 12.2. The van der Waals surface area contributed by atoms with Crippen molar-refractivity contribution in [2.75, 3.05) is 5.32 Å². The van der Waals surface area contributed by atoms with E-state index in [0.717, 1.165) is 12.1 Å². The van der Waals surface area contributed by atoms with Crippen LogP contribution in [0.3, 0.4) is 0 Å². The van der Waals surface area contributed by atoms with Gasteiger partial charge in [0.05, 0.1) is 5.69 Å². The van der Waals surface area contributed by atoms with Crippen LogP contribution in [0, 0.1) is 11.3 Å². The van der Waals surface area contributed by atoms with Crippen LogP contribution in [0.4, 0.5) is 18.9 Å². The Balaban J connectivity index is 2.26. The molecule has 0 fully saturated rings. The van der Waals surface area contributed by atoms with Crippen LogP contribution < -0.4 is 10.1 Å². The molecule has 0 unspecified atom stereocenters. The van der Waals surface area contributed by atoms with Crippen LogP contribution in [0.2, 0.25) is 0 Å². The first-order valence-corrected chi connectivity index (χ1v) is 7.24. The van der Waals surface area contributed by atoms with Crippen LogP contribution in [0.15, 0.2) is 27.3 Å². The first kappa shape index (κ1) is 17.2. The number of anilines is 1. The number of ether oxygens (including phenoxy) is 1. The lowest BCUT2D eigenvalue weighted by Crippen LogP contribution is -2.17. The van der Waals surface area contributed by atoms with Crippen LogP contribution in [0.1, 0.15) is 5.82 Å². The summed E-state index contributed by atoms with van der Waals surface area (Å²) in [5.41, 5.74) is 0.462. The molecule has 0 amide bonds. The van der Waals surface area contributed by atoms with Crippen LogP contribution in [-0.2, 0) is 0 Å². The van der Waals surface area contributed by atoms with Crippen molar-refractivity contribution in [2.45, 2.75) is 6.36 Å². The molecule has 2 rings (SSSR count). The fourth-order valence-corrected chi connectivity index (χ4v) is 2.82. The minimum Gasteiger partial charge on any atom is -0.406 e. The maximum absolute atomic E-state index is 12.2. The molecule has 1 aromatic carbocycles. The normalized spacial score (nSPS) is 11.9. The monoisotopic (exact) mass is 452 g/mol. The number of nitriles is 1. The van der Waals surface area contributed by atoms with Crippen LogP contribution >= 0.6 is 31.9 Å². The van der Waals surface area contributed by atoms with Crippen molar-refractivity contribution in [1.29, 1.82) is 5.26 Å². The number of aromatic nitrogens is 4. The SMILES string of the molecule is N#CC(=CNc1c(Br)cc(OC(F)(F)F)cc1Br)c1nn[nH]n1. The van der Waals surface area contributed by atoms with Gasteiger partial charge in [0.1, 0.15) is 17.4 Å². The van der Waals surface area contributed by atoms with E-state index in [0.29, 0.717) is 5.69 Å². The lowest BCUT2D eigenvalue weighted by atomic mass is 10.2. The van der Waals surface area contributed by atoms with Gasteiger partial charge in [-0.2, -0.15) is 10.5 Å². The number of aromatic amines is 1. The summed E-state index contributed by atoms with van der Waals surface area (Å²) in [6.45, 7) is 0. The molecule has 0 radical (unpaired) electrons. The molecule has 1 heterocycles. The number of rotatable bonds is 4. The van der Waals surface area contributed by atoms with E-state index in [1.807, 2.05) is 6.07 Å². The number of hydrogen-bond acceptors (Lipinski definition) is 6. The second-order valence-electron chi connectivity index (χ2n) is 3.86. The fourth-order valence-electron chi connectivity index (χ4n) is 1.45. The fraction of sp³-hybridized carbons (Fsp3) is 0.0909. The van der Waals surface area contributed by atoms with Crippen molar-refractivity contribution < 1.29 is 17.9 Å². The molecule has 0 bridgehead atoms. The Morgan fingerprint density at radius 2 is 2.00 bits per heavy atom. The number of tetrazole rings is 1. The standard InChI is InChI=1S/C11H5Br2F3N6O/c12-7-1-6(23-11(14,15)16)2-8(13)9(7)18-4-5(3-17)10-19-21-22-20-10/h1-2,4,18H,(H,19,20,21,22). The third kappa shape index (κ3) is 4.67. The number of H-pyrrole nitrogens is 1. The average molecular weight is 454 g/mol. The highest BCUT2D eigenvalue weighted by Gasteiger charge is 2.31.